The Kier molecular flexibility index (Phi) is 8.86. The second-order valence-corrected chi connectivity index (χ2v) is 5.43. The molecule has 1 aromatic rings. The van der Waals surface area contributed by atoms with Crippen LogP contribution in [0, 0.1) is 5.92 Å². The van der Waals surface area contributed by atoms with Gasteiger partial charge in [0.1, 0.15) is 5.75 Å². The van der Waals surface area contributed by atoms with Crippen LogP contribution >= 0.6 is 0 Å². The first kappa shape index (κ1) is 20.0. The number of amides is 1. The van der Waals surface area contributed by atoms with Gasteiger partial charge in [0.25, 0.3) is 5.91 Å². The summed E-state index contributed by atoms with van der Waals surface area (Å²) in [6.45, 7) is 5.67. The molecule has 0 radical (unpaired) electrons. The summed E-state index contributed by atoms with van der Waals surface area (Å²) in [4.78, 5) is 26.2. The summed E-state index contributed by atoms with van der Waals surface area (Å²) in [5, 5.41) is 0. The predicted octanol–water partition coefficient (Wildman–Crippen LogP) is 2.37. The number of methoxy groups -OCH3 is 2. The van der Waals surface area contributed by atoms with Crippen LogP contribution in [0.5, 0.6) is 5.75 Å². The highest BCUT2D eigenvalue weighted by atomic mass is 16.5. The fourth-order valence-electron chi connectivity index (χ4n) is 2.38. The van der Waals surface area contributed by atoms with Crippen LogP contribution in [0.25, 0.3) is 0 Å². The second-order valence-electron chi connectivity index (χ2n) is 5.43. The maximum absolute atomic E-state index is 12.9. The van der Waals surface area contributed by atoms with Crippen molar-refractivity contribution in [1.82, 2.24) is 4.90 Å². The maximum Gasteiger partial charge on any atom is 0.310 e. The van der Waals surface area contributed by atoms with E-state index in [0.717, 1.165) is 0 Å². The first-order valence-corrected chi connectivity index (χ1v) is 8.13. The molecular weight excluding hydrogens is 310 g/mol. The molecule has 1 amide bonds. The van der Waals surface area contributed by atoms with E-state index in [1.54, 1.807) is 30.0 Å². The Morgan fingerprint density at radius 1 is 1.21 bits per heavy atom. The van der Waals surface area contributed by atoms with Gasteiger partial charge in [-0.15, -0.1) is 0 Å². The fourth-order valence-corrected chi connectivity index (χ4v) is 2.38. The third kappa shape index (κ3) is 5.85. The van der Waals surface area contributed by atoms with E-state index in [0.29, 0.717) is 37.5 Å². The van der Waals surface area contributed by atoms with Crippen LogP contribution in [0.1, 0.15) is 30.6 Å². The molecule has 134 valence electrons. The summed E-state index contributed by atoms with van der Waals surface area (Å²) in [5.74, 6) is -0.388. The summed E-state index contributed by atoms with van der Waals surface area (Å²) in [6.07, 6.45) is 0.697. The second kappa shape index (κ2) is 10.6. The van der Waals surface area contributed by atoms with E-state index in [9.17, 15) is 9.59 Å². The minimum absolute atomic E-state index is 0.167. The Bertz CT molecular complexity index is 532. The van der Waals surface area contributed by atoms with E-state index in [1.165, 1.54) is 14.2 Å². The van der Waals surface area contributed by atoms with Crippen molar-refractivity contribution in [2.45, 2.75) is 20.3 Å². The smallest absolute Gasteiger partial charge is 0.310 e. The first-order valence-electron chi connectivity index (χ1n) is 8.13. The average Bonchev–Trinajstić information content (AvgIpc) is 2.62. The lowest BCUT2D eigenvalue weighted by Gasteiger charge is -2.26. The van der Waals surface area contributed by atoms with Crippen molar-refractivity contribution in [2.24, 2.45) is 5.92 Å². The molecule has 0 aliphatic rings. The minimum Gasteiger partial charge on any atom is -0.496 e. The van der Waals surface area contributed by atoms with Gasteiger partial charge in [0.15, 0.2) is 0 Å². The SMILES string of the molecule is CCOCCCN(CC(C)C(=O)OC)C(=O)c1ccccc1OC. The Morgan fingerprint density at radius 3 is 2.54 bits per heavy atom. The number of carbonyl (C=O) groups excluding carboxylic acids is 2. The molecule has 0 aliphatic heterocycles. The number of ether oxygens (including phenoxy) is 3. The summed E-state index contributed by atoms with van der Waals surface area (Å²) in [6, 6.07) is 7.07. The van der Waals surface area contributed by atoms with Crippen LogP contribution in [-0.2, 0) is 14.3 Å². The predicted molar refractivity (Wildman–Crippen MR) is 91.2 cm³/mol. The molecule has 6 nitrogen and oxygen atoms in total. The molecule has 0 heterocycles. The van der Waals surface area contributed by atoms with Gasteiger partial charge in [-0.2, -0.15) is 0 Å². The molecule has 0 aromatic heterocycles. The lowest BCUT2D eigenvalue weighted by Crippen LogP contribution is -2.38. The molecule has 0 saturated carbocycles. The van der Waals surface area contributed by atoms with Crippen LogP contribution in [0.2, 0.25) is 0 Å². The molecule has 0 bridgehead atoms. The maximum atomic E-state index is 12.9. The van der Waals surface area contributed by atoms with E-state index < -0.39 is 5.92 Å². The number of hydrogen-bond donors (Lipinski definition) is 0. The van der Waals surface area contributed by atoms with Gasteiger partial charge in [-0.05, 0) is 25.5 Å². The Morgan fingerprint density at radius 2 is 1.92 bits per heavy atom. The normalized spacial score (nSPS) is 11.7. The lowest BCUT2D eigenvalue weighted by atomic mass is 10.1. The van der Waals surface area contributed by atoms with Crippen LogP contribution in [0.15, 0.2) is 24.3 Å². The highest BCUT2D eigenvalue weighted by Gasteiger charge is 2.24. The van der Waals surface area contributed by atoms with Crippen LogP contribution in [0.4, 0.5) is 0 Å². The average molecular weight is 337 g/mol. The zero-order valence-electron chi connectivity index (χ0n) is 14.9. The third-order valence-electron chi connectivity index (χ3n) is 3.64. The number of esters is 1. The molecule has 0 N–H and O–H groups in total. The van der Waals surface area contributed by atoms with E-state index in [4.69, 9.17) is 14.2 Å². The third-order valence-corrected chi connectivity index (χ3v) is 3.64. The van der Waals surface area contributed by atoms with E-state index in [-0.39, 0.29) is 18.4 Å². The van der Waals surface area contributed by atoms with E-state index in [2.05, 4.69) is 0 Å². The quantitative estimate of drug-likeness (QED) is 0.484. The Labute approximate surface area is 143 Å². The van der Waals surface area contributed by atoms with Crippen LogP contribution in [0.3, 0.4) is 0 Å². The number of hydrogen-bond acceptors (Lipinski definition) is 5. The molecule has 0 saturated heterocycles. The molecule has 1 rings (SSSR count). The zero-order valence-corrected chi connectivity index (χ0v) is 14.9. The van der Waals surface area contributed by atoms with Gasteiger partial charge in [0, 0.05) is 26.3 Å². The van der Waals surface area contributed by atoms with Gasteiger partial charge in [0.05, 0.1) is 25.7 Å². The van der Waals surface area contributed by atoms with Crippen molar-refractivity contribution in [1.29, 1.82) is 0 Å². The molecule has 1 aromatic carbocycles. The highest BCUT2D eigenvalue weighted by molar-refractivity contribution is 5.97. The topological polar surface area (TPSA) is 65.1 Å². The standard InChI is InChI=1S/C18H27NO5/c1-5-24-12-8-11-19(13-14(2)18(21)23-4)17(20)15-9-6-7-10-16(15)22-3/h6-7,9-10,14H,5,8,11-13H2,1-4H3. The van der Waals surface area contributed by atoms with Crippen LogP contribution < -0.4 is 4.74 Å². The van der Waals surface area contributed by atoms with Crippen molar-refractivity contribution in [3.63, 3.8) is 0 Å². The Balaban J connectivity index is 2.89. The van der Waals surface area contributed by atoms with Crippen molar-refractivity contribution < 1.29 is 23.8 Å². The fraction of sp³-hybridized carbons (Fsp3) is 0.556. The molecule has 0 fully saturated rings. The number of carbonyl (C=O) groups is 2. The van der Waals surface area contributed by atoms with Crippen LogP contribution in [-0.4, -0.2) is 57.3 Å². The zero-order chi connectivity index (χ0) is 17.9. The molecule has 6 heteroatoms. The Hall–Kier alpha value is -2.08. The molecule has 24 heavy (non-hydrogen) atoms. The monoisotopic (exact) mass is 337 g/mol. The van der Waals surface area contributed by atoms with E-state index in [1.807, 2.05) is 13.0 Å². The van der Waals surface area contributed by atoms with Gasteiger partial charge in [-0.25, -0.2) is 0 Å². The summed E-state index contributed by atoms with van der Waals surface area (Å²) >= 11 is 0. The molecule has 1 unspecified atom stereocenters. The molecule has 0 aliphatic carbocycles. The number of benzene rings is 1. The summed E-state index contributed by atoms with van der Waals surface area (Å²) in [5.41, 5.74) is 0.480. The lowest BCUT2D eigenvalue weighted by molar-refractivity contribution is -0.145. The van der Waals surface area contributed by atoms with Gasteiger partial charge in [0.2, 0.25) is 0 Å². The van der Waals surface area contributed by atoms with E-state index >= 15 is 0 Å². The molecular formula is C18H27NO5. The first-order chi connectivity index (χ1) is 11.5. The largest absolute Gasteiger partial charge is 0.496 e. The minimum atomic E-state index is -0.402. The summed E-state index contributed by atoms with van der Waals surface area (Å²) in [7, 11) is 2.88. The van der Waals surface area contributed by atoms with Crippen molar-refractivity contribution in [3.8, 4) is 5.75 Å². The number of rotatable bonds is 10. The van der Waals surface area contributed by atoms with Gasteiger partial charge in [-0.1, -0.05) is 19.1 Å². The van der Waals surface area contributed by atoms with Crippen molar-refractivity contribution in [3.05, 3.63) is 29.8 Å². The number of nitrogens with zero attached hydrogens (tertiary/aromatic N) is 1. The van der Waals surface area contributed by atoms with Crippen molar-refractivity contribution in [2.75, 3.05) is 40.5 Å². The van der Waals surface area contributed by atoms with Crippen molar-refractivity contribution >= 4 is 11.9 Å². The molecule has 1 atom stereocenters. The highest BCUT2D eigenvalue weighted by Crippen LogP contribution is 2.20. The van der Waals surface area contributed by atoms with Gasteiger partial charge >= 0.3 is 5.97 Å². The summed E-state index contributed by atoms with van der Waals surface area (Å²) < 4.78 is 15.4. The number of para-hydroxylation sites is 1. The molecule has 0 spiro atoms. The van der Waals surface area contributed by atoms with Gasteiger partial charge < -0.3 is 19.1 Å². The van der Waals surface area contributed by atoms with Gasteiger partial charge in [-0.3, -0.25) is 9.59 Å².